The number of rotatable bonds is 1. The summed E-state index contributed by atoms with van der Waals surface area (Å²) in [6.07, 6.45) is 3.48. The lowest BCUT2D eigenvalue weighted by Gasteiger charge is -2.49. The van der Waals surface area contributed by atoms with E-state index in [1.807, 2.05) is 27.0 Å². The summed E-state index contributed by atoms with van der Waals surface area (Å²) >= 11 is 0. The number of nitrogens with zero attached hydrogens (tertiary/aromatic N) is 7. The van der Waals surface area contributed by atoms with Gasteiger partial charge in [0.2, 0.25) is 11.5 Å². The summed E-state index contributed by atoms with van der Waals surface area (Å²) in [5.74, 6) is 0.578. The van der Waals surface area contributed by atoms with Gasteiger partial charge < -0.3 is 4.79 Å². The second kappa shape index (κ2) is 5.10. The number of carbonyl (C=O) groups excluding carboxylic acids is 1. The van der Waals surface area contributed by atoms with E-state index >= 15 is 0 Å². The van der Waals surface area contributed by atoms with Gasteiger partial charge in [0.25, 0.3) is 0 Å². The molecular weight excluding hydrogens is 330 g/mol. The summed E-state index contributed by atoms with van der Waals surface area (Å²) in [4.78, 5) is 17.7. The predicted octanol–water partition coefficient (Wildman–Crippen LogP) is 1.84. The number of hydrogen-bond acceptors (Lipinski definition) is 5. The highest BCUT2D eigenvalue weighted by Gasteiger charge is 2.55. The van der Waals surface area contributed by atoms with Crippen molar-refractivity contribution in [3.63, 3.8) is 0 Å². The smallest absolute Gasteiger partial charge is 0.226 e. The van der Waals surface area contributed by atoms with Crippen LogP contribution in [0, 0.1) is 17.9 Å². The standard InChI is InChI=1S/C18H21N7O/c1-17(2)12-8-7-10-13(16-20-23-25(6)22-16)24(5)21-14(10)18(12,3)9-11(19-4)15(17)26/h9,12H,7-8H2,1-3,5-6H3/t12-,18-/m0/s1. The number of aromatic nitrogens is 6. The molecule has 2 aliphatic carbocycles. The minimum atomic E-state index is -0.594. The van der Waals surface area contributed by atoms with Crippen LogP contribution in [0.25, 0.3) is 16.4 Å². The van der Waals surface area contributed by atoms with Gasteiger partial charge in [-0.2, -0.15) is 9.90 Å². The molecule has 0 unspecified atom stereocenters. The molecule has 2 aromatic heterocycles. The molecule has 4 rings (SSSR count). The van der Waals surface area contributed by atoms with Crippen molar-refractivity contribution in [2.45, 2.75) is 39.0 Å². The topological polar surface area (TPSA) is 82.8 Å². The first-order valence-electron chi connectivity index (χ1n) is 8.66. The lowest BCUT2D eigenvalue weighted by molar-refractivity contribution is -0.128. The molecule has 0 bridgehead atoms. The van der Waals surface area contributed by atoms with Gasteiger partial charge in [0.1, 0.15) is 5.69 Å². The summed E-state index contributed by atoms with van der Waals surface area (Å²) in [6, 6.07) is 0. The third-order valence-electron chi connectivity index (χ3n) is 6.03. The molecule has 26 heavy (non-hydrogen) atoms. The number of fused-ring (bicyclic) bond motifs is 3. The van der Waals surface area contributed by atoms with Gasteiger partial charge in [0.05, 0.1) is 19.3 Å². The minimum Gasteiger partial charge on any atom is -0.307 e. The molecule has 2 aromatic rings. The molecule has 0 aromatic carbocycles. The summed E-state index contributed by atoms with van der Waals surface area (Å²) < 4.78 is 1.80. The Bertz CT molecular complexity index is 1000. The Balaban J connectivity index is 1.96. The fraction of sp³-hybridized carbons (Fsp3) is 0.556. The number of hydrogen-bond donors (Lipinski definition) is 0. The van der Waals surface area contributed by atoms with Crippen LogP contribution in [0.2, 0.25) is 0 Å². The van der Waals surface area contributed by atoms with Crippen LogP contribution >= 0.6 is 0 Å². The predicted molar refractivity (Wildman–Crippen MR) is 93.6 cm³/mol. The Hall–Kier alpha value is -2.82. The first-order valence-corrected chi connectivity index (χ1v) is 8.66. The molecule has 2 heterocycles. The SMILES string of the molecule is [C-]#[N+]C1=C[C@]2(C)c3nn(C)c(-c4nnn(C)n4)c3CC[C@H]2C(C)(C)C1=O. The molecule has 0 saturated heterocycles. The Morgan fingerprint density at radius 1 is 1.27 bits per heavy atom. The lowest BCUT2D eigenvalue weighted by Crippen LogP contribution is -2.50. The average Bonchev–Trinajstić information content (AvgIpc) is 3.14. The van der Waals surface area contributed by atoms with Crippen molar-refractivity contribution >= 4 is 5.78 Å². The van der Waals surface area contributed by atoms with Gasteiger partial charge in [-0.25, -0.2) is 4.85 Å². The number of aryl methyl sites for hydroxylation is 2. The van der Waals surface area contributed by atoms with Crippen LogP contribution in [0.3, 0.4) is 0 Å². The molecule has 0 spiro atoms. The zero-order chi connectivity index (χ0) is 18.9. The average molecular weight is 351 g/mol. The number of carbonyl (C=O) groups is 1. The summed E-state index contributed by atoms with van der Waals surface area (Å²) in [7, 11) is 3.61. The number of ketones is 1. The van der Waals surface area contributed by atoms with Gasteiger partial charge in [0, 0.05) is 23.4 Å². The van der Waals surface area contributed by atoms with Crippen LogP contribution in [-0.4, -0.2) is 35.8 Å². The monoisotopic (exact) mass is 351 g/mol. The van der Waals surface area contributed by atoms with Gasteiger partial charge >= 0.3 is 0 Å². The fourth-order valence-corrected chi connectivity index (χ4v) is 4.85. The van der Waals surface area contributed by atoms with Crippen molar-refractivity contribution in [1.82, 2.24) is 30.0 Å². The van der Waals surface area contributed by atoms with E-state index in [9.17, 15) is 4.79 Å². The quantitative estimate of drug-likeness (QED) is 0.732. The van der Waals surface area contributed by atoms with Crippen LogP contribution in [0.1, 0.15) is 38.4 Å². The van der Waals surface area contributed by atoms with Gasteiger partial charge in [-0.3, -0.25) is 4.68 Å². The zero-order valence-electron chi connectivity index (χ0n) is 15.6. The molecule has 0 saturated carbocycles. The fourth-order valence-electron chi connectivity index (χ4n) is 4.85. The summed E-state index contributed by atoms with van der Waals surface area (Å²) in [6.45, 7) is 13.4. The molecule has 0 aliphatic heterocycles. The largest absolute Gasteiger partial charge is 0.307 e. The normalized spacial score (nSPS) is 26.7. The van der Waals surface area contributed by atoms with Gasteiger partial charge in [0.15, 0.2) is 5.78 Å². The minimum absolute atomic E-state index is 0.0647. The molecule has 8 nitrogen and oxygen atoms in total. The Morgan fingerprint density at radius 2 is 2.00 bits per heavy atom. The first-order chi connectivity index (χ1) is 12.2. The van der Waals surface area contributed by atoms with Gasteiger partial charge in [-0.05, 0) is 24.0 Å². The molecule has 134 valence electrons. The van der Waals surface area contributed by atoms with E-state index in [1.165, 1.54) is 4.80 Å². The van der Waals surface area contributed by atoms with E-state index in [-0.39, 0.29) is 17.4 Å². The zero-order valence-corrected chi connectivity index (χ0v) is 15.6. The number of Topliss-reactive ketones (excluding diaryl/α,β-unsaturated/α-hetero) is 1. The molecule has 0 N–H and O–H groups in total. The van der Waals surface area contributed by atoms with Crippen molar-refractivity contribution in [3.05, 3.63) is 34.4 Å². The van der Waals surface area contributed by atoms with Gasteiger partial charge in [-0.1, -0.05) is 26.8 Å². The van der Waals surface area contributed by atoms with Crippen molar-refractivity contribution in [2.24, 2.45) is 25.4 Å². The maximum absolute atomic E-state index is 12.7. The number of tetrazole rings is 1. The van der Waals surface area contributed by atoms with Crippen molar-refractivity contribution in [1.29, 1.82) is 0 Å². The van der Waals surface area contributed by atoms with Crippen molar-refractivity contribution < 1.29 is 4.79 Å². The molecular formula is C18H21N7O. The van der Waals surface area contributed by atoms with Crippen molar-refractivity contribution in [2.75, 3.05) is 0 Å². The number of allylic oxidation sites excluding steroid dienone is 2. The van der Waals surface area contributed by atoms with E-state index in [2.05, 4.69) is 27.2 Å². The van der Waals surface area contributed by atoms with Crippen LogP contribution in [0.4, 0.5) is 0 Å². The van der Waals surface area contributed by atoms with Crippen LogP contribution in [0.5, 0.6) is 0 Å². The third-order valence-corrected chi connectivity index (χ3v) is 6.03. The molecule has 0 amide bonds. The molecule has 0 radical (unpaired) electrons. The first kappa shape index (κ1) is 16.6. The third kappa shape index (κ3) is 1.97. The van der Waals surface area contributed by atoms with Crippen LogP contribution < -0.4 is 0 Å². The Morgan fingerprint density at radius 3 is 2.62 bits per heavy atom. The van der Waals surface area contributed by atoms with Gasteiger partial charge in [-0.15, -0.1) is 10.2 Å². The van der Waals surface area contributed by atoms with E-state index in [0.29, 0.717) is 5.82 Å². The molecule has 8 heteroatoms. The molecule has 0 fully saturated rings. The Kier molecular flexibility index (Phi) is 3.26. The van der Waals surface area contributed by atoms with E-state index < -0.39 is 10.8 Å². The highest BCUT2D eigenvalue weighted by Crippen LogP contribution is 2.55. The van der Waals surface area contributed by atoms with Crippen molar-refractivity contribution in [3.8, 4) is 11.5 Å². The summed E-state index contributed by atoms with van der Waals surface area (Å²) in [5.41, 5.74) is 2.02. The van der Waals surface area contributed by atoms with E-state index in [1.54, 1.807) is 11.7 Å². The van der Waals surface area contributed by atoms with E-state index in [0.717, 1.165) is 29.8 Å². The summed E-state index contributed by atoms with van der Waals surface area (Å²) in [5, 5.41) is 17.2. The molecule has 2 atom stereocenters. The van der Waals surface area contributed by atoms with E-state index in [4.69, 9.17) is 11.7 Å². The maximum Gasteiger partial charge on any atom is 0.226 e. The maximum atomic E-state index is 12.7. The lowest BCUT2D eigenvalue weighted by atomic mass is 9.53. The second-order valence-corrected chi connectivity index (χ2v) is 7.97. The van der Waals surface area contributed by atoms with Crippen LogP contribution in [-0.2, 0) is 30.7 Å². The highest BCUT2D eigenvalue weighted by atomic mass is 16.1. The highest BCUT2D eigenvalue weighted by molar-refractivity contribution is 6.02. The molecule has 2 aliphatic rings. The van der Waals surface area contributed by atoms with Crippen LogP contribution in [0.15, 0.2) is 11.8 Å². The second-order valence-electron chi connectivity index (χ2n) is 7.97. The Labute approximate surface area is 151 Å².